The van der Waals surface area contributed by atoms with Crippen molar-refractivity contribution in [2.24, 2.45) is 5.10 Å². The summed E-state index contributed by atoms with van der Waals surface area (Å²) in [5.41, 5.74) is 3.72. The number of para-hydroxylation sites is 1. The third kappa shape index (κ3) is 4.66. The van der Waals surface area contributed by atoms with E-state index in [0.29, 0.717) is 10.2 Å². The predicted octanol–water partition coefficient (Wildman–Crippen LogP) is 4.67. The minimum Gasteiger partial charge on any atom is -0.271 e. The monoisotopic (exact) mass is 509 g/mol. The number of benzene rings is 4. The van der Waals surface area contributed by atoms with Gasteiger partial charge in [-0.2, -0.15) is 5.10 Å². The fourth-order valence-electron chi connectivity index (χ4n) is 3.56. The van der Waals surface area contributed by atoms with Crippen molar-refractivity contribution in [1.29, 1.82) is 0 Å². The van der Waals surface area contributed by atoms with Crippen LogP contribution in [0.2, 0.25) is 0 Å². The summed E-state index contributed by atoms with van der Waals surface area (Å²) in [7, 11) is -3.68. The summed E-state index contributed by atoms with van der Waals surface area (Å²) >= 11 is 3.34. The number of carbonyl (C=O) groups excluding carboxylic acids is 1. The van der Waals surface area contributed by atoms with Gasteiger partial charge in [-0.3, -0.25) is 9.10 Å². The van der Waals surface area contributed by atoms with Crippen molar-refractivity contribution in [2.45, 2.75) is 0 Å². The van der Waals surface area contributed by atoms with Crippen molar-refractivity contribution < 1.29 is 13.2 Å². The third-order valence-electron chi connectivity index (χ3n) is 5.00. The SMILES string of the molecule is CS(=O)(=O)N(CC(=O)N/N=C/c1c2ccccc2cc2ccccc12)c1ccccc1Br. The molecule has 4 rings (SSSR count). The number of rotatable bonds is 6. The maximum absolute atomic E-state index is 12.6. The fourth-order valence-corrected chi connectivity index (χ4v) is 5.04. The van der Waals surface area contributed by atoms with Gasteiger partial charge in [0.2, 0.25) is 10.0 Å². The summed E-state index contributed by atoms with van der Waals surface area (Å²) in [6.45, 7) is -0.394. The van der Waals surface area contributed by atoms with Crippen molar-refractivity contribution in [1.82, 2.24) is 5.43 Å². The van der Waals surface area contributed by atoms with E-state index in [1.165, 1.54) is 0 Å². The predicted molar refractivity (Wildman–Crippen MR) is 134 cm³/mol. The van der Waals surface area contributed by atoms with E-state index < -0.39 is 22.5 Å². The fraction of sp³-hybridized carbons (Fsp3) is 0.0833. The molecule has 0 saturated heterocycles. The van der Waals surface area contributed by atoms with Crippen molar-refractivity contribution in [3.8, 4) is 0 Å². The molecule has 0 saturated carbocycles. The Morgan fingerprint density at radius 1 is 0.969 bits per heavy atom. The van der Waals surface area contributed by atoms with Crippen LogP contribution in [-0.4, -0.2) is 33.3 Å². The maximum atomic E-state index is 12.6. The molecule has 4 aromatic carbocycles. The smallest absolute Gasteiger partial charge is 0.260 e. The number of carbonyl (C=O) groups is 1. The zero-order valence-electron chi connectivity index (χ0n) is 17.2. The third-order valence-corrected chi connectivity index (χ3v) is 6.80. The molecule has 32 heavy (non-hydrogen) atoms. The molecule has 8 heteroatoms. The first-order valence-electron chi connectivity index (χ1n) is 9.79. The second-order valence-electron chi connectivity index (χ2n) is 7.25. The van der Waals surface area contributed by atoms with E-state index in [0.717, 1.165) is 37.7 Å². The van der Waals surface area contributed by atoms with Gasteiger partial charge in [-0.25, -0.2) is 13.8 Å². The van der Waals surface area contributed by atoms with E-state index in [4.69, 9.17) is 0 Å². The first kappa shape index (κ1) is 22.0. The average Bonchev–Trinajstić information content (AvgIpc) is 2.77. The number of anilines is 1. The number of fused-ring (bicyclic) bond motifs is 2. The molecule has 1 amide bonds. The van der Waals surface area contributed by atoms with Gasteiger partial charge in [0.05, 0.1) is 18.2 Å². The van der Waals surface area contributed by atoms with Crippen LogP contribution in [0, 0.1) is 0 Å². The Labute approximate surface area is 194 Å². The lowest BCUT2D eigenvalue weighted by atomic mass is 9.97. The molecule has 1 N–H and O–H groups in total. The Hall–Kier alpha value is -3.23. The molecule has 0 aliphatic heterocycles. The molecule has 0 atom stereocenters. The molecule has 0 unspecified atom stereocenters. The van der Waals surface area contributed by atoms with E-state index in [-0.39, 0.29) is 0 Å². The Morgan fingerprint density at radius 3 is 2.12 bits per heavy atom. The highest BCUT2D eigenvalue weighted by Crippen LogP contribution is 2.28. The lowest BCUT2D eigenvalue weighted by molar-refractivity contribution is -0.119. The molecule has 0 spiro atoms. The number of nitrogens with one attached hydrogen (secondary N) is 1. The Bertz CT molecular complexity index is 1400. The van der Waals surface area contributed by atoms with Crippen LogP contribution in [0.5, 0.6) is 0 Å². The molecule has 4 aromatic rings. The lowest BCUT2D eigenvalue weighted by Gasteiger charge is -2.22. The van der Waals surface area contributed by atoms with E-state index in [9.17, 15) is 13.2 Å². The molecule has 0 bridgehead atoms. The quantitative estimate of drug-likeness (QED) is 0.233. The van der Waals surface area contributed by atoms with Crippen LogP contribution in [0.3, 0.4) is 0 Å². The zero-order chi connectivity index (χ0) is 22.7. The zero-order valence-corrected chi connectivity index (χ0v) is 19.6. The number of sulfonamides is 1. The lowest BCUT2D eigenvalue weighted by Crippen LogP contribution is -2.39. The van der Waals surface area contributed by atoms with Gasteiger partial charge in [-0.05, 0) is 55.7 Å². The number of hydrogen-bond acceptors (Lipinski definition) is 4. The van der Waals surface area contributed by atoms with E-state index in [1.54, 1.807) is 30.5 Å². The van der Waals surface area contributed by atoms with E-state index >= 15 is 0 Å². The van der Waals surface area contributed by atoms with Gasteiger partial charge < -0.3 is 0 Å². The van der Waals surface area contributed by atoms with Crippen LogP contribution in [0.15, 0.2) is 88.4 Å². The summed E-state index contributed by atoms with van der Waals surface area (Å²) in [6, 6.07) is 24.9. The van der Waals surface area contributed by atoms with Gasteiger partial charge in [-0.15, -0.1) is 0 Å². The number of hydrogen-bond donors (Lipinski definition) is 1. The molecule has 0 aliphatic carbocycles. The van der Waals surface area contributed by atoms with Gasteiger partial charge in [0.25, 0.3) is 5.91 Å². The largest absolute Gasteiger partial charge is 0.271 e. The molecule has 0 radical (unpaired) electrons. The molecule has 0 fully saturated rings. The summed E-state index contributed by atoms with van der Waals surface area (Å²) in [6.07, 6.45) is 2.66. The number of halogens is 1. The second-order valence-corrected chi connectivity index (χ2v) is 10.0. The first-order chi connectivity index (χ1) is 15.3. The second kappa shape index (κ2) is 9.10. The molecular weight excluding hydrogens is 490 g/mol. The minimum absolute atomic E-state index is 0.383. The Balaban J connectivity index is 1.61. The van der Waals surface area contributed by atoms with Crippen molar-refractivity contribution >= 4 is 65.3 Å². The van der Waals surface area contributed by atoms with Gasteiger partial charge in [-0.1, -0.05) is 60.7 Å². The maximum Gasteiger partial charge on any atom is 0.260 e. The first-order valence-corrected chi connectivity index (χ1v) is 12.4. The molecule has 6 nitrogen and oxygen atoms in total. The highest BCUT2D eigenvalue weighted by Gasteiger charge is 2.22. The Morgan fingerprint density at radius 2 is 1.53 bits per heavy atom. The standard InChI is InChI=1S/C24H20BrN3O3S/c1-32(30,31)28(23-13-7-6-12-22(23)25)16-24(29)27-26-15-21-19-10-4-2-8-17(19)14-18-9-3-5-11-20(18)21/h2-15H,16H2,1H3,(H,27,29)/b26-15+. The van der Waals surface area contributed by atoms with Gasteiger partial charge in [0, 0.05) is 10.0 Å². The summed E-state index contributed by atoms with van der Waals surface area (Å²) in [5.74, 6) is -0.549. The summed E-state index contributed by atoms with van der Waals surface area (Å²) in [5, 5.41) is 8.29. The van der Waals surface area contributed by atoms with Crippen LogP contribution in [0.25, 0.3) is 21.5 Å². The summed E-state index contributed by atoms with van der Waals surface area (Å²) < 4.78 is 26.2. The van der Waals surface area contributed by atoms with Gasteiger partial charge in [0.1, 0.15) is 6.54 Å². The number of nitrogens with zero attached hydrogens (tertiary/aromatic N) is 2. The van der Waals surface area contributed by atoms with Crippen LogP contribution >= 0.6 is 15.9 Å². The highest BCUT2D eigenvalue weighted by atomic mass is 79.9. The Kier molecular flexibility index (Phi) is 6.25. The van der Waals surface area contributed by atoms with Crippen LogP contribution < -0.4 is 9.73 Å². The van der Waals surface area contributed by atoms with Gasteiger partial charge in [0.15, 0.2) is 0 Å². The average molecular weight is 510 g/mol. The molecule has 162 valence electrons. The summed E-state index contributed by atoms with van der Waals surface area (Å²) in [4.78, 5) is 12.6. The van der Waals surface area contributed by atoms with Crippen LogP contribution in [0.4, 0.5) is 5.69 Å². The van der Waals surface area contributed by atoms with Crippen LogP contribution in [-0.2, 0) is 14.8 Å². The number of amides is 1. The van der Waals surface area contributed by atoms with Gasteiger partial charge >= 0.3 is 0 Å². The normalized spacial score (nSPS) is 11.8. The topological polar surface area (TPSA) is 78.8 Å². The highest BCUT2D eigenvalue weighted by molar-refractivity contribution is 9.10. The molecule has 0 aromatic heterocycles. The van der Waals surface area contributed by atoms with E-state index in [2.05, 4.69) is 32.5 Å². The van der Waals surface area contributed by atoms with Crippen LogP contribution in [0.1, 0.15) is 5.56 Å². The van der Waals surface area contributed by atoms with E-state index in [1.807, 2.05) is 48.5 Å². The number of hydrazone groups is 1. The van der Waals surface area contributed by atoms with Crippen molar-refractivity contribution in [3.63, 3.8) is 0 Å². The molecule has 0 aliphatic rings. The van der Waals surface area contributed by atoms with Crippen molar-refractivity contribution in [3.05, 3.63) is 88.9 Å². The van der Waals surface area contributed by atoms with Crippen molar-refractivity contribution in [2.75, 3.05) is 17.1 Å². The molecule has 0 heterocycles. The molecular formula is C24H20BrN3O3S. The minimum atomic E-state index is -3.68.